The molecule has 1 aliphatic carbocycles. The number of nitrogens with zero attached hydrogens (tertiary/aromatic N) is 1. The van der Waals surface area contributed by atoms with Crippen LogP contribution in [0.3, 0.4) is 0 Å². The third-order valence-electron chi connectivity index (χ3n) is 5.96. The molecule has 1 saturated carbocycles. The van der Waals surface area contributed by atoms with Crippen LogP contribution in [0.2, 0.25) is 0 Å². The fraction of sp³-hybridized carbons (Fsp3) is 0.545. The van der Waals surface area contributed by atoms with Gasteiger partial charge in [0.15, 0.2) is 5.60 Å². The second-order valence-corrected chi connectivity index (χ2v) is 9.29. The SMILES string of the molecule is CNC(=O)C(=O)N[C@@H](C)CC1CCC2(CC1)OC(=O)NN=C2c1ccc(OCC(F)F)cc1Br. The lowest BCUT2D eigenvalue weighted by atomic mass is 9.73. The van der Waals surface area contributed by atoms with Gasteiger partial charge in [0, 0.05) is 23.1 Å². The topological polar surface area (TPSA) is 118 Å². The quantitative estimate of drug-likeness (QED) is 0.456. The molecule has 3 amide bonds. The van der Waals surface area contributed by atoms with E-state index in [1.165, 1.54) is 7.05 Å². The monoisotopic (exact) mass is 544 g/mol. The molecule has 1 atom stereocenters. The van der Waals surface area contributed by atoms with E-state index in [1.54, 1.807) is 18.2 Å². The molecule has 186 valence electrons. The minimum atomic E-state index is -2.58. The van der Waals surface area contributed by atoms with Gasteiger partial charge in [-0.05, 0) is 79.1 Å². The number of hydrazone groups is 1. The Bertz CT molecular complexity index is 967. The van der Waals surface area contributed by atoms with E-state index in [4.69, 9.17) is 9.47 Å². The highest BCUT2D eigenvalue weighted by Gasteiger charge is 2.46. The Kier molecular flexibility index (Phi) is 8.45. The number of ether oxygens (including phenoxy) is 2. The van der Waals surface area contributed by atoms with Crippen LogP contribution in [0.25, 0.3) is 0 Å². The van der Waals surface area contributed by atoms with Crippen molar-refractivity contribution in [2.75, 3.05) is 13.7 Å². The Hall–Kier alpha value is -2.76. The van der Waals surface area contributed by atoms with Crippen LogP contribution >= 0.6 is 15.9 Å². The van der Waals surface area contributed by atoms with Crippen molar-refractivity contribution in [2.24, 2.45) is 11.0 Å². The molecule has 0 saturated heterocycles. The van der Waals surface area contributed by atoms with Gasteiger partial charge in [0.25, 0.3) is 6.43 Å². The normalized spacial score (nSPS) is 22.9. The smallest absolute Gasteiger partial charge is 0.428 e. The maximum Gasteiger partial charge on any atom is 0.428 e. The maximum atomic E-state index is 12.4. The van der Waals surface area contributed by atoms with E-state index in [0.29, 0.717) is 35.0 Å². The van der Waals surface area contributed by atoms with Gasteiger partial charge in [-0.3, -0.25) is 9.59 Å². The number of rotatable bonds is 7. The van der Waals surface area contributed by atoms with Crippen LogP contribution in [0.4, 0.5) is 13.6 Å². The molecule has 12 heteroatoms. The Morgan fingerprint density at radius 3 is 2.65 bits per heavy atom. The Morgan fingerprint density at radius 2 is 2.03 bits per heavy atom. The van der Waals surface area contributed by atoms with Gasteiger partial charge in [-0.2, -0.15) is 5.10 Å². The molecular weight excluding hydrogens is 518 g/mol. The van der Waals surface area contributed by atoms with E-state index >= 15 is 0 Å². The van der Waals surface area contributed by atoms with Crippen LogP contribution < -0.4 is 20.8 Å². The number of likely N-dealkylation sites (N-methyl/N-ethyl adjacent to an activating group) is 1. The first-order chi connectivity index (χ1) is 16.1. The van der Waals surface area contributed by atoms with Crippen molar-refractivity contribution in [3.05, 3.63) is 28.2 Å². The molecule has 3 N–H and O–H groups in total. The van der Waals surface area contributed by atoms with Gasteiger partial charge in [0.2, 0.25) is 0 Å². The van der Waals surface area contributed by atoms with Gasteiger partial charge in [-0.25, -0.2) is 19.0 Å². The zero-order valence-corrected chi connectivity index (χ0v) is 20.4. The van der Waals surface area contributed by atoms with Crippen molar-refractivity contribution in [1.29, 1.82) is 0 Å². The molecule has 0 radical (unpaired) electrons. The summed E-state index contributed by atoms with van der Waals surface area (Å²) >= 11 is 3.45. The van der Waals surface area contributed by atoms with Crippen molar-refractivity contribution in [2.45, 2.75) is 57.1 Å². The van der Waals surface area contributed by atoms with Gasteiger partial charge in [0.05, 0.1) is 0 Å². The fourth-order valence-electron chi connectivity index (χ4n) is 4.37. The van der Waals surface area contributed by atoms with Crippen molar-refractivity contribution in [3.63, 3.8) is 0 Å². The molecule has 1 heterocycles. The Labute approximate surface area is 204 Å². The van der Waals surface area contributed by atoms with E-state index in [0.717, 1.165) is 12.8 Å². The van der Waals surface area contributed by atoms with Crippen molar-refractivity contribution in [1.82, 2.24) is 16.1 Å². The van der Waals surface area contributed by atoms with Crippen molar-refractivity contribution in [3.8, 4) is 5.75 Å². The highest BCUT2D eigenvalue weighted by Crippen LogP contribution is 2.42. The van der Waals surface area contributed by atoms with Gasteiger partial charge in [-0.15, -0.1) is 0 Å². The Balaban J connectivity index is 1.69. The largest absolute Gasteiger partial charge is 0.488 e. The lowest BCUT2D eigenvalue weighted by molar-refractivity contribution is -0.139. The third kappa shape index (κ3) is 6.22. The Morgan fingerprint density at radius 1 is 1.32 bits per heavy atom. The lowest BCUT2D eigenvalue weighted by Gasteiger charge is -2.42. The molecule has 0 bridgehead atoms. The summed E-state index contributed by atoms with van der Waals surface area (Å²) in [5.41, 5.74) is 2.63. The minimum absolute atomic E-state index is 0.192. The first kappa shape index (κ1) is 25.9. The summed E-state index contributed by atoms with van der Waals surface area (Å²) in [5.74, 6) is -0.820. The van der Waals surface area contributed by atoms with E-state index in [2.05, 4.69) is 37.1 Å². The predicted molar refractivity (Wildman–Crippen MR) is 123 cm³/mol. The summed E-state index contributed by atoms with van der Waals surface area (Å²) in [7, 11) is 1.40. The molecule has 0 unspecified atom stereocenters. The number of alkyl halides is 2. The van der Waals surface area contributed by atoms with Crippen LogP contribution in [0.15, 0.2) is 27.8 Å². The first-order valence-corrected chi connectivity index (χ1v) is 11.7. The molecule has 3 rings (SSSR count). The molecule has 34 heavy (non-hydrogen) atoms. The van der Waals surface area contributed by atoms with E-state index in [9.17, 15) is 23.2 Å². The summed E-state index contributed by atoms with van der Waals surface area (Å²) in [6.45, 7) is 1.14. The van der Waals surface area contributed by atoms with Crippen LogP contribution in [0.1, 0.15) is 44.6 Å². The predicted octanol–water partition coefficient (Wildman–Crippen LogP) is 3.11. The zero-order chi connectivity index (χ0) is 24.9. The molecule has 1 spiro atoms. The number of benzene rings is 1. The molecule has 2 aliphatic rings. The molecule has 1 aliphatic heterocycles. The summed E-state index contributed by atoms with van der Waals surface area (Å²) in [5, 5.41) is 9.26. The second kappa shape index (κ2) is 11.1. The van der Waals surface area contributed by atoms with Crippen molar-refractivity contribution < 1.29 is 32.6 Å². The van der Waals surface area contributed by atoms with E-state index in [-0.39, 0.29) is 17.7 Å². The number of halogens is 3. The average Bonchev–Trinajstić information content (AvgIpc) is 2.79. The summed E-state index contributed by atoms with van der Waals surface area (Å²) in [4.78, 5) is 35.2. The standard InChI is InChI=1S/C22H27BrF2N4O5/c1-12(27-20(31)19(30)26-2)9-13-5-7-22(8-6-13)18(28-29-21(32)34-22)15-4-3-14(10-16(15)23)33-11-17(24)25/h3-4,10,12-13,17H,5-9,11H2,1-2H3,(H,26,30)(H,27,31)(H,29,32)/t12-,13?,22?/m0/s1. The number of hydrogen-bond acceptors (Lipinski definition) is 6. The van der Waals surface area contributed by atoms with Gasteiger partial charge in [-0.1, -0.05) is 0 Å². The number of hydrogen-bond donors (Lipinski definition) is 3. The molecule has 1 aromatic carbocycles. The van der Waals surface area contributed by atoms with Crippen LogP contribution in [-0.2, 0) is 14.3 Å². The fourth-order valence-corrected chi connectivity index (χ4v) is 4.92. The van der Waals surface area contributed by atoms with Gasteiger partial charge >= 0.3 is 17.9 Å². The number of carbonyl (C=O) groups excluding carboxylic acids is 3. The van der Waals surface area contributed by atoms with Gasteiger partial charge < -0.3 is 20.1 Å². The van der Waals surface area contributed by atoms with Crippen molar-refractivity contribution >= 4 is 39.5 Å². The second-order valence-electron chi connectivity index (χ2n) is 8.43. The van der Waals surface area contributed by atoms with Gasteiger partial charge in [0.1, 0.15) is 18.1 Å². The van der Waals surface area contributed by atoms with Crippen LogP contribution in [0, 0.1) is 5.92 Å². The summed E-state index contributed by atoms with van der Waals surface area (Å²) in [6.07, 6.45) is -0.0485. The zero-order valence-electron chi connectivity index (χ0n) is 18.8. The third-order valence-corrected chi connectivity index (χ3v) is 6.62. The molecule has 9 nitrogen and oxygen atoms in total. The van der Waals surface area contributed by atoms with Crippen LogP contribution in [0.5, 0.6) is 5.75 Å². The molecule has 1 fully saturated rings. The summed E-state index contributed by atoms with van der Waals surface area (Å²) < 4.78 is 36.3. The first-order valence-electron chi connectivity index (χ1n) is 10.9. The molecule has 0 aromatic heterocycles. The highest BCUT2D eigenvalue weighted by molar-refractivity contribution is 9.10. The summed E-state index contributed by atoms with van der Waals surface area (Å²) in [6, 6.07) is 4.64. The van der Waals surface area contributed by atoms with E-state index in [1.807, 2.05) is 6.92 Å². The molecule has 1 aromatic rings. The number of amides is 3. The minimum Gasteiger partial charge on any atom is -0.488 e. The lowest BCUT2D eigenvalue weighted by Crippen LogP contribution is -2.52. The molecular formula is C22H27BrF2N4O5. The maximum absolute atomic E-state index is 12.4. The highest BCUT2D eigenvalue weighted by atomic mass is 79.9. The number of carbonyl (C=O) groups is 3. The average molecular weight is 545 g/mol. The van der Waals surface area contributed by atoms with E-state index < -0.39 is 36.5 Å². The van der Waals surface area contributed by atoms with Crippen LogP contribution in [-0.4, -0.2) is 55.3 Å². The number of nitrogens with one attached hydrogen (secondary N) is 3.